The molecule has 0 saturated carbocycles. The highest BCUT2D eigenvalue weighted by Crippen LogP contribution is 2.21. The predicted octanol–water partition coefficient (Wildman–Crippen LogP) is 3.20. The number of nitrogens with one attached hydrogen (secondary N) is 1. The largest absolute Gasteiger partial charge is 0.366 e. The van der Waals surface area contributed by atoms with Crippen LogP contribution < -0.4 is 16.4 Å². The van der Waals surface area contributed by atoms with Gasteiger partial charge in [-0.05, 0) is 42.7 Å². The second kappa shape index (κ2) is 9.51. The first-order valence-electron chi connectivity index (χ1n) is 9.84. The van der Waals surface area contributed by atoms with Gasteiger partial charge in [0.15, 0.2) is 6.04 Å². The number of rotatable bonds is 8. The molecule has 0 saturated heterocycles. The van der Waals surface area contributed by atoms with Crippen LogP contribution in [0.4, 0.5) is 5.69 Å². The molecule has 28 heavy (non-hydrogen) atoms. The Bertz CT molecular complexity index is 796. The third kappa shape index (κ3) is 5.67. The fourth-order valence-electron chi connectivity index (χ4n) is 3.19. The topological polar surface area (TPSA) is 88.8 Å². The Kier molecular flexibility index (Phi) is 7.35. The summed E-state index contributed by atoms with van der Waals surface area (Å²) in [6.45, 7) is 10.6. The van der Waals surface area contributed by atoms with Crippen molar-refractivity contribution in [1.29, 1.82) is 0 Å². The van der Waals surface area contributed by atoms with Crippen LogP contribution in [0.2, 0.25) is 0 Å². The van der Waals surface area contributed by atoms with Gasteiger partial charge >= 0.3 is 0 Å². The van der Waals surface area contributed by atoms with Crippen LogP contribution in [0.15, 0.2) is 48.5 Å². The van der Waals surface area contributed by atoms with Gasteiger partial charge in [0.25, 0.3) is 5.91 Å². The highest BCUT2D eigenvalue weighted by Gasteiger charge is 2.26. The molecule has 0 radical (unpaired) electrons. The van der Waals surface area contributed by atoms with E-state index in [0.29, 0.717) is 23.1 Å². The van der Waals surface area contributed by atoms with E-state index in [1.54, 1.807) is 24.3 Å². The molecule has 2 aromatic carbocycles. The lowest BCUT2D eigenvalue weighted by Gasteiger charge is -2.23. The number of amides is 2. The molecular weight excluding hydrogens is 350 g/mol. The average molecular weight is 383 g/mol. The molecule has 0 aliphatic heterocycles. The van der Waals surface area contributed by atoms with E-state index in [1.165, 1.54) is 11.1 Å². The molecular formula is C23H32N3O2+. The number of carbonyl (C=O) groups excluding carboxylic acids is 2. The van der Waals surface area contributed by atoms with Crippen molar-refractivity contribution in [2.24, 2.45) is 11.7 Å². The Labute approximate surface area is 167 Å². The van der Waals surface area contributed by atoms with E-state index in [9.17, 15) is 9.59 Å². The highest BCUT2D eigenvalue weighted by molar-refractivity contribution is 5.95. The van der Waals surface area contributed by atoms with Crippen molar-refractivity contribution >= 4 is 17.5 Å². The Balaban J connectivity index is 2.05. The number of benzene rings is 2. The lowest BCUT2D eigenvalue weighted by atomic mass is 9.93. The first kappa shape index (κ1) is 21.6. The van der Waals surface area contributed by atoms with Crippen LogP contribution in [0.3, 0.4) is 0 Å². The minimum atomic E-state index is -0.483. The molecule has 5 heteroatoms. The maximum absolute atomic E-state index is 12.6. The second-order valence-electron chi connectivity index (χ2n) is 8.00. The van der Waals surface area contributed by atoms with E-state index in [1.807, 2.05) is 6.92 Å². The summed E-state index contributed by atoms with van der Waals surface area (Å²) in [4.78, 5) is 23.8. The number of carbonyl (C=O) groups is 2. The molecule has 2 aromatic rings. The lowest BCUT2D eigenvalue weighted by Crippen LogP contribution is -2.93. The molecule has 2 amide bonds. The fourth-order valence-corrected chi connectivity index (χ4v) is 3.19. The molecule has 0 aromatic heterocycles. The van der Waals surface area contributed by atoms with Crippen molar-refractivity contribution in [3.63, 3.8) is 0 Å². The summed E-state index contributed by atoms with van der Waals surface area (Å²) in [6, 6.07) is 15.2. The number of hydrogen-bond donors (Lipinski definition) is 3. The van der Waals surface area contributed by atoms with Crippen LogP contribution in [-0.2, 0) is 4.79 Å². The van der Waals surface area contributed by atoms with Gasteiger partial charge in [-0.15, -0.1) is 0 Å². The molecule has 0 heterocycles. The maximum Gasteiger partial charge on any atom is 0.282 e. The summed E-state index contributed by atoms with van der Waals surface area (Å²) in [7, 11) is 0. The molecule has 5 N–H and O–H groups in total. The van der Waals surface area contributed by atoms with Gasteiger partial charge in [0.2, 0.25) is 5.91 Å². The van der Waals surface area contributed by atoms with Gasteiger partial charge in [-0.2, -0.15) is 0 Å². The van der Waals surface area contributed by atoms with Gasteiger partial charge in [0, 0.05) is 22.7 Å². The number of anilines is 1. The smallest absolute Gasteiger partial charge is 0.282 e. The third-order valence-corrected chi connectivity index (χ3v) is 5.05. The van der Waals surface area contributed by atoms with Crippen molar-refractivity contribution in [3.05, 3.63) is 65.2 Å². The number of hydrogen-bond acceptors (Lipinski definition) is 2. The first-order chi connectivity index (χ1) is 13.2. The van der Waals surface area contributed by atoms with E-state index in [0.717, 1.165) is 0 Å². The first-order valence-corrected chi connectivity index (χ1v) is 9.84. The highest BCUT2D eigenvalue weighted by atomic mass is 16.2. The summed E-state index contributed by atoms with van der Waals surface area (Å²) >= 11 is 0. The van der Waals surface area contributed by atoms with Gasteiger partial charge < -0.3 is 16.4 Å². The summed E-state index contributed by atoms with van der Waals surface area (Å²) in [6.07, 6.45) is 0. The molecule has 0 fully saturated rings. The van der Waals surface area contributed by atoms with Gasteiger partial charge in [-0.3, -0.25) is 9.59 Å². The van der Waals surface area contributed by atoms with Crippen LogP contribution >= 0.6 is 0 Å². The average Bonchev–Trinajstić information content (AvgIpc) is 2.66. The minimum absolute atomic E-state index is 0.0729. The van der Waals surface area contributed by atoms with E-state index < -0.39 is 5.91 Å². The monoisotopic (exact) mass is 382 g/mol. The second-order valence-corrected chi connectivity index (χ2v) is 8.00. The normalized spacial score (nSPS) is 13.4. The third-order valence-electron chi connectivity index (χ3n) is 5.05. The van der Waals surface area contributed by atoms with E-state index in [-0.39, 0.29) is 18.0 Å². The quantitative estimate of drug-likeness (QED) is 0.654. The molecule has 0 aliphatic carbocycles. The summed E-state index contributed by atoms with van der Waals surface area (Å²) < 4.78 is 0. The molecule has 0 unspecified atom stereocenters. The molecule has 2 rings (SSSR count). The Morgan fingerprint density at radius 2 is 1.39 bits per heavy atom. The zero-order chi connectivity index (χ0) is 20.8. The van der Waals surface area contributed by atoms with Crippen LogP contribution in [0.25, 0.3) is 0 Å². The standard InChI is InChI=1S/C23H31N3O2/c1-14(2)17-6-8-18(9-7-17)21(15(3)4)25-16(5)23(28)26-20-12-10-19(11-13-20)22(24)27/h6-16,21,25H,1-5H3,(H2,24,27)(H,26,28)/p+1/t16-,21-/m0/s1. The Hall–Kier alpha value is -2.66. The number of nitrogens with two attached hydrogens (primary N) is 2. The molecule has 150 valence electrons. The van der Waals surface area contributed by atoms with Crippen molar-refractivity contribution in [2.75, 3.05) is 5.32 Å². The number of quaternary nitrogens is 1. The molecule has 2 atom stereocenters. The van der Waals surface area contributed by atoms with Crippen LogP contribution in [-0.4, -0.2) is 17.9 Å². The van der Waals surface area contributed by atoms with Crippen molar-refractivity contribution in [3.8, 4) is 0 Å². The van der Waals surface area contributed by atoms with E-state index in [4.69, 9.17) is 5.73 Å². The predicted molar refractivity (Wildman–Crippen MR) is 113 cm³/mol. The zero-order valence-corrected chi connectivity index (χ0v) is 17.4. The Morgan fingerprint density at radius 1 is 0.857 bits per heavy atom. The molecule has 0 bridgehead atoms. The fraction of sp³-hybridized carbons (Fsp3) is 0.391. The summed E-state index contributed by atoms with van der Waals surface area (Å²) in [5, 5.41) is 5.02. The van der Waals surface area contributed by atoms with Gasteiger partial charge in [-0.1, -0.05) is 52.0 Å². The van der Waals surface area contributed by atoms with Gasteiger partial charge in [-0.25, -0.2) is 0 Å². The summed E-state index contributed by atoms with van der Waals surface area (Å²) in [5.41, 5.74) is 8.86. The van der Waals surface area contributed by atoms with Gasteiger partial charge in [0.1, 0.15) is 6.04 Å². The van der Waals surface area contributed by atoms with Crippen LogP contribution in [0, 0.1) is 5.92 Å². The zero-order valence-electron chi connectivity index (χ0n) is 17.4. The molecule has 0 aliphatic rings. The molecule has 0 spiro atoms. The van der Waals surface area contributed by atoms with Crippen LogP contribution in [0.5, 0.6) is 0 Å². The SMILES string of the molecule is CC(C)c1ccc([C@@H]([NH2+][C@@H](C)C(=O)Nc2ccc(C(N)=O)cc2)C(C)C)cc1. The van der Waals surface area contributed by atoms with Crippen molar-refractivity contribution < 1.29 is 14.9 Å². The van der Waals surface area contributed by atoms with Crippen molar-refractivity contribution in [2.45, 2.75) is 52.6 Å². The maximum atomic E-state index is 12.6. The lowest BCUT2D eigenvalue weighted by molar-refractivity contribution is -0.718. The minimum Gasteiger partial charge on any atom is -0.366 e. The molecule has 5 nitrogen and oxygen atoms in total. The Morgan fingerprint density at radius 3 is 1.86 bits per heavy atom. The van der Waals surface area contributed by atoms with E-state index >= 15 is 0 Å². The van der Waals surface area contributed by atoms with E-state index in [2.05, 4.69) is 62.6 Å². The summed E-state index contributed by atoms with van der Waals surface area (Å²) in [5.74, 6) is 0.329. The van der Waals surface area contributed by atoms with Crippen molar-refractivity contribution in [1.82, 2.24) is 0 Å². The number of primary amides is 1. The van der Waals surface area contributed by atoms with Gasteiger partial charge in [0.05, 0.1) is 0 Å². The van der Waals surface area contributed by atoms with Crippen LogP contribution in [0.1, 0.15) is 68.1 Å².